The highest BCUT2D eigenvalue weighted by Crippen LogP contribution is 2.38. The Bertz CT molecular complexity index is 1080. The van der Waals surface area contributed by atoms with Gasteiger partial charge in [0.25, 0.3) is 5.91 Å². The first-order valence-electron chi connectivity index (χ1n) is 7.68. The number of hydrogen-bond acceptors (Lipinski definition) is 5. The number of amides is 1. The third-order valence-electron chi connectivity index (χ3n) is 4.35. The molecule has 6 nitrogen and oxygen atoms in total. The monoisotopic (exact) mass is 335 g/mol. The fraction of sp³-hybridized carbons (Fsp3) is 0.105. The first-order valence-corrected chi connectivity index (χ1v) is 7.68. The third kappa shape index (κ3) is 2.35. The molecule has 3 aromatic rings. The van der Waals surface area contributed by atoms with Crippen molar-refractivity contribution < 1.29 is 19.1 Å². The molecule has 1 aliphatic heterocycles. The molecular weight excluding hydrogens is 322 g/mol. The highest BCUT2D eigenvalue weighted by Gasteiger charge is 2.46. The minimum atomic E-state index is -2.01. The number of carbonyl (C=O) groups excluding carboxylic acids is 2. The van der Waals surface area contributed by atoms with Crippen LogP contribution in [0.5, 0.6) is 0 Å². The smallest absolute Gasteiger partial charge is 0.347 e. The van der Waals surface area contributed by atoms with Crippen molar-refractivity contribution in [3.63, 3.8) is 0 Å². The maximum absolute atomic E-state index is 12.6. The number of fused-ring (bicyclic) bond motifs is 2. The van der Waals surface area contributed by atoms with E-state index in [1.54, 1.807) is 48.5 Å². The Hall–Kier alpha value is -3.25. The molecule has 0 aliphatic carbocycles. The molecule has 1 atom stereocenters. The Labute approximate surface area is 141 Å². The summed E-state index contributed by atoms with van der Waals surface area (Å²) < 4.78 is 5.15. The van der Waals surface area contributed by atoms with Crippen LogP contribution in [0, 0.1) is 0 Å². The molecule has 2 aromatic carbocycles. The zero-order valence-electron chi connectivity index (χ0n) is 13.0. The third-order valence-corrected chi connectivity index (χ3v) is 4.35. The molecule has 1 aromatic heterocycles. The largest absolute Gasteiger partial charge is 0.422 e. The van der Waals surface area contributed by atoms with Gasteiger partial charge in [-0.1, -0.05) is 36.4 Å². The molecule has 124 valence electrons. The number of carbonyl (C=O) groups is 2. The lowest BCUT2D eigenvalue weighted by molar-refractivity contribution is -0.133. The summed E-state index contributed by atoms with van der Waals surface area (Å²) in [6.45, 7) is 0. The molecule has 0 spiro atoms. The first-order chi connectivity index (χ1) is 12.0. The molecule has 4 rings (SSSR count). The van der Waals surface area contributed by atoms with Gasteiger partial charge in [0, 0.05) is 16.6 Å². The maximum atomic E-state index is 12.6. The first kappa shape index (κ1) is 15.3. The number of aliphatic hydroxyl groups is 1. The van der Waals surface area contributed by atoms with Gasteiger partial charge >= 0.3 is 5.63 Å². The van der Waals surface area contributed by atoms with Gasteiger partial charge in [-0.05, 0) is 18.2 Å². The summed E-state index contributed by atoms with van der Waals surface area (Å²) in [5.74, 6) is -1.35. The maximum Gasteiger partial charge on any atom is 0.347 e. The zero-order valence-corrected chi connectivity index (χ0v) is 13.0. The standard InChI is InChI=1S/C19H13NO5/c21-15(12-9-11-5-1-4-8-16(11)25-17(12)22)10-19(24)13-6-2-3-7-14(13)20-18(19)23/h1-9,24H,10H2,(H,20,23). The topological polar surface area (TPSA) is 96.6 Å². The van der Waals surface area contributed by atoms with Gasteiger partial charge in [0.15, 0.2) is 11.4 Å². The van der Waals surface area contributed by atoms with Crippen molar-refractivity contribution >= 4 is 28.3 Å². The van der Waals surface area contributed by atoms with Gasteiger partial charge in [-0.2, -0.15) is 0 Å². The molecule has 0 saturated carbocycles. The molecule has 1 aliphatic rings. The molecule has 2 N–H and O–H groups in total. The molecule has 6 heteroatoms. The van der Waals surface area contributed by atoms with Gasteiger partial charge < -0.3 is 14.8 Å². The normalized spacial score (nSPS) is 18.8. The van der Waals surface area contributed by atoms with Crippen LogP contribution in [0.4, 0.5) is 5.69 Å². The van der Waals surface area contributed by atoms with Gasteiger partial charge in [-0.3, -0.25) is 9.59 Å². The van der Waals surface area contributed by atoms with Gasteiger partial charge in [0.2, 0.25) is 0 Å². The second-order valence-electron chi connectivity index (χ2n) is 5.95. The van der Waals surface area contributed by atoms with Crippen LogP contribution in [-0.2, 0) is 10.4 Å². The molecule has 0 saturated heterocycles. The van der Waals surface area contributed by atoms with Gasteiger partial charge in [0.05, 0.1) is 6.42 Å². The summed E-state index contributed by atoms with van der Waals surface area (Å²) in [6.07, 6.45) is -0.543. The number of anilines is 1. The van der Waals surface area contributed by atoms with E-state index in [2.05, 4.69) is 5.32 Å². The van der Waals surface area contributed by atoms with Gasteiger partial charge in [-0.25, -0.2) is 4.79 Å². The predicted octanol–water partition coefficient (Wildman–Crippen LogP) is 2.21. The van der Waals surface area contributed by atoms with Crippen LogP contribution in [0.3, 0.4) is 0 Å². The molecule has 0 fully saturated rings. The summed E-state index contributed by atoms with van der Waals surface area (Å²) in [4.78, 5) is 36.9. The van der Waals surface area contributed by atoms with E-state index in [1.807, 2.05) is 0 Å². The van der Waals surface area contributed by atoms with Gasteiger partial charge in [0.1, 0.15) is 11.1 Å². The number of ketones is 1. The molecule has 0 bridgehead atoms. The van der Waals surface area contributed by atoms with Crippen molar-refractivity contribution in [3.05, 3.63) is 76.1 Å². The van der Waals surface area contributed by atoms with E-state index in [-0.39, 0.29) is 5.56 Å². The number of para-hydroxylation sites is 2. The van der Waals surface area contributed by atoms with E-state index in [1.165, 1.54) is 6.07 Å². The van der Waals surface area contributed by atoms with E-state index >= 15 is 0 Å². The zero-order chi connectivity index (χ0) is 17.6. The molecule has 1 unspecified atom stereocenters. The Morgan fingerprint density at radius 1 is 1.08 bits per heavy atom. The number of hydrogen-bond donors (Lipinski definition) is 2. The van der Waals surface area contributed by atoms with E-state index in [0.717, 1.165) is 0 Å². The highest BCUT2D eigenvalue weighted by atomic mass is 16.4. The quantitative estimate of drug-likeness (QED) is 0.565. The van der Waals surface area contributed by atoms with Gasteiger partial charge in [-0.15, -0.1) is 0 Å². The van der Waals surface area contributed by atoms with Crippen molar-refractivity contribution in [2.75, 3.05) is 5.32 Å². The van der Waals surface area contributed by atoms with E-state index in [9.17, 15) is 19.5 Å². The number of benzene rings is 2. The minimum absolute atomic E-state index is 0.190. The minimum Gasteiger partial charge on any atom is -0.422 e. The lowest BCUT2D eigenvalue weighted by Gasteiger charge is -2.19. The summed E-state index contributed by atoms with van der Waals surface area (Å²) >= 11 is 0. The number of Topliss-reactive ketones (excluding diaryl/α,β-unsaturated/α-hetero) is 1. The molecular formula is C19H13NO5. The van der Waals surface area contributed by atoms with Crippen molar-refractivity contribution in [1.82, 2.24) is 0 Å². The Kier molecular flexibility index (Phi) is 3.30. The Balaban J connectivity index is 1.74. The second kappa shape index (κ2) is 5.39. The Morgan fingerprint density at radius 2 is 1.80 bits per heavy atom. The van der Waals surface area contributed by atoms with E-state index in [0.29, 0.717) is 22.2 Å². The van der Waals surface area contributed by atoms with Crippen molar-refractivity contribution in [1.29, 1.82) is 0 Å². The average molecular weight is 335 g/mol. The summed E-state index contributed by atoms with van der Waals surface area (Å²) in [5, 5.41) is 13.9. The van der Waals surface area contributed by atoms with Crippen LogP contribution in [0.2, 0.25) is 0 Å². The molecule has 0 radical (unpaired) electrons. The Morgan fingerprint density at radius 3 is 2.64 bits per heavy atom. The predicted molar refractivity (Wildman–Crippen MR) is 90.4 cm³/mol. The van der Waals surface area contributed by atoms with E-state index < -0.39 is 29.3 Å². The molecule has 1 amide bonds. The lowest BCUT2D eigenvalue weighted by atomic mass is 9.88. The highest BCUT2D eigenvalue weighted by molar-refractivity contribution is 6.09. The van der Waals surface area contributed by atoms with Crippen LogP contribution in [0.1, 0.15) is 22.3 Å². The molecule has 25 heavy (non-hydrogen) atoms. The van der Waals surface area contributed by atoms with E-state index in [4.69, 9.17) is 4.42 Å². The van der Waals surface area contributed by atoms with Crippen molar-refractivity contribution in [2.24, 2.45) is 0 Å². The number of rotatable bonds is 3. The number of nitrogens with one attached hydrogen (secondary N) is 1. The lowest BCUT2D eigenvalue weighted by Crippen LogP contribution is -2.37. The SMILES string of the molecule is O=C(CC1(O)C(=O)Nc2ccccc21)c1cc2ccccc2oc1=O. The van der Waals surface area contributed by atoms with Crippen LogP contribution in [0.25, 0.3) is 11.0 Å². The molecule has 2 heterocycles. The van der Waals surface area contributed by atoms with Crippen LogP contribution < -0.4 is 10.9 Å². The van der Waals surface area contributed by atoms with Crippen LogP contribution in [0.15, 0.2) is 63.8 Å². The summed E-state index contributed by atoms with van der Waals surface area (Å²) in [6, 6.07) is 14.8. The summed E-state index contributed by atoms with van der Waals surface area (Å²) in [5.41, 5.74) is -1.85. The van der Waals surface area contributed by atoms with Crippen LogP contribution >= 0.6 is 0 Å². The fourth-order valence-electron chi connectivity index (χ4n) is 3.06. The second-order valence-corrected chi connectivity index (χ2v) is 5.95. The van der Waals surface area contributed by atoms with Crippen LogP contribution in [-0.4, -0.2) is 16.8 Å². The average Bonchev–Trinajstić information content (AvgIpc) is 2.85. The van der Waals surface area contributed by atoms with Crippen molar-refractivity contribution in [2.45, 2.75) is 12.0 Å². The van der Waals surface area contributed by atoms with Crippen molar-refractivity contribution in [3.8, 4) is 0 Å². The fourth-order valence-corrected chi connectivity index (χ4v) is 3.06. The summed E-state index contributed by atoms with van der Waals surface area (Å²) in [7, 11) is 0.